The molecular weight excluding hydrogens is 330 g/mol. The summed E-state index contributed by atoms with van der Waals surface area (Å²) in [6.07, 6.45) is 0.903. The van der Waals surface area contributed by atoms with E-state index < -0.39 is 0 Å². The van der Waals surface area contributed by atoms with Gasteiger partial charge in [0.2, 0.25) is 0 Å². The van der Waals surface area contributed by atoms with Crippen molar-refractivity contribution in [2.75, 3.05) is 20.3 Å². The predicted octanol–water partition coefficient (Wildman–Crippen LogP) is 3.99. The maximum absolute atomic E-state index is 12.6. The number of halogens is 2. The van der Waals surface area contributed by atoms with Crippen molar-refractivity contribution < 1.29 is 9.53 Å². The Bertz CT molecular complexity index is 439. The summed E-state index contributed by atoms with van der Waals surface area (Å²) in [7, 11) is 1.64. The lowest BCUT2D eigenvalue weighted by Crippen LogP contribution is -2.40. The van der Waals surface area contributed by atoms with Crippen LogP contribution in [-0.2, 0) is 4.74 Å². The number of ether oxygens (including phenoxy) is 1. The van der Waals surface area contributed by atoms with E-state index in [9.17, 15) is 4.79 Å². The molecule has 0 aliphatic heterocycles. The predicted molar refractivity (Wildman–Crippen MR) is 81.8 cm³/mol. The molecule has 19 heavy (non-hydrogen) atoms. The van der Waals surface area contributed by atoms with Gasteiger partial charge in [0.15, 0.2) is 0 Å². The van der Waals surface area contributed by atoms with Crippen molar-refractivity contribution in [3.05, 3.63) is 33.3 Å². The number of hydrogen-bond donors (Lipinski definition) is 0. The molecule has 0 saturated carbocycles. The van der Waals surface area contributed by atoms with Crippen LogP contribution < -0.4 is 0 Å². The Morgan fingerprint density at radius 3 is 2.74 bits per heavy atom. The molecule has 5 heteroatoms. The number of carbonyl (C=O) groups excluding carboxylic acids is 1. The Hall–Kier alpha value is -0.580. The number of rotatable bonds is 6. The van der Waals surface area contributed by atoms with Crippen LogP contribution in [0.3, 0.4) is 0 Å². The second-order valence-electron chi connectivity index (χ2n) is 4.37. The molecule has 1 atom stereocenters. The lowest BCUT2D eigenvalue weighted by Gasteiger charge is -2.28. The van der Waals surface area contributed by atoms with Gasteiger partial charge in [-0.3, -0.25) is 4.79 Å². The van der Waals surface area contributed by atoms with E-state index in [4.69, 9.17) is 16.3 Å². The van der Waals surface area contributed by atoms with Gasteiger partial charge < -0.3 is 9.64 Å². The molecule has 3 nitrogen and oxygen atoms in total. The Morgan fingerprint density at radius 1 is 1.53 bits per heavy atom. The van der Waals surface area contributed by atoms with E-state index in [0.29, 0.717) is 23.7 Å². The highest BCUT2D eigenvalue weighted by atomic mass is 79.9. The second-order valence-corrected chi connectivity index (χ2v) is 5.66. The number of hydrogen-bond acceptors (Lipinski definition) is 2. The summed E-state index contributed by atoms with van der Waals surface area (Å²) < 4.78 is 5.79. The van der Waals surface area contributed by atoms with Gasteiger partial charge in [0.05, 0.1) is 12.2 Å². The lowest BCUT2D eigenvalue weighted by atomic mass is 10.1. The minimum Gasteiger partial charge on any atom is -0.383 e. The first-order chi connectivity index (χ1) is 9.01. The summed E-state index contributed by atoms with van der Waals surface area (Å²) >= 11 is 9.29. The van der Waals surface area contributed by atoms with Gasteiger partial charge in [-0.2, -0.15) is 0 Å². The number of carbonyl (C=O) groups is 1. The van der Waals surface area contributed by atoms with Crippen molar-refractivity contribution in [2.24, 2.45) is 0 Å². The van der Waals surface area contributed by atoms with Crippen LogP contribution >= 0.6 is 27.5 Å². The third kappa shape index (κ3) is 4.48. The molecule has 0 aliphatic carbocycles. The van der Waals surface area contributed by atoms with Crippen molar-refractivity contribution in [3.63, 3.8) is 0 Å². The molecular formula is C14H19BrClNO2. The Balaban J connectivity index is 2.97. The number of amides is 1. The minimum atomic E-state index is -0.00468. The summed E-state index contributed by atoms with van der Waals surface area (Å²) in [5.74, 6) is -0.00468. The Kier molecular flexibility index (Phi) is 6.83. The fraction of sp³-hybridized carbons (Fsp3) is 0.500. The summed E-state index contributed by atoms with van der Waals surface area (Å²) in [6.45, 7) is 5.22. The van der Waals surface area contributed by atoms with Crippen LogP contribution in [0.25, 0.3) is 0 Å². The molecule has 0 aromatic heterocycles. The van der Waals surface area contributed by atoms with Crippen molar-refractivity contribution >= 4 is 33.4 Å². The van der Waals surface area contributed by atoms with E-state index in [1.165, 1.54) is 0 Å². The van der Waals surface area contributed by atoms with Crippen LogP contribution in [0.4, 0.5) is 0 Å². The fourth-order valence-corrected chi connectivity index (χ4v) is 2.60. The highest BCUT2D eigenvalue weighted by Crippen LogP contribution is 2.23. The van der Waals surface area contributed by atoms with E-state index in [1.54, 1.807) is 25.3 Å². The summed E-state index contributed by atoms with van der Waals surface area (Å²) in [5.41, 5.74) is 0.626. The number of methoxy groups -OCH3 is 1. The zero-order valence-electron chi connectivity index (χ0n) is 11.5. The van der Waals surface area contributed by atoms with Gasteiger partial charge in [0.25, 0.3) is 5.91 Å². The van der Waals surface area contributed by atoms with E-state index in [1.807, 2.05) is 11.8 Å². The average molecular weight is 349 g/mol. The van der Waals surface area contributed by atoms with Gasteiger partial charge in [-0.25, -0.2) is 0 Å². The van der Waals surface area contributed by atoms with Crippen molar-refractivity contribution in [2.45, 2.75) is 26.3 Å². The smallest absolute Gasteiger partial charge is 0.255 e. The van der Waals surface area contributed by atoms with E-state index in [0.717, 1.165) is 10.9 Å². The molecule has 1 aromatic rings. The third-order valence-electron chi connectivity index (χ3n) is 3.08. The second kappa shape index (κ2) is 7.88. The average Bonchev–Trinajstić information content (AvgIpc) is 2.38. The van der Waals surface area contributed by atoms with Gasteiger partial charge in [-0.05, 0) is 47.5 Å². The first-order valence-corrected chi connectivity index (χ1v) is 7.43. The molecule has 0 heterocycles. The topological polar surface area (TPSA) is 29.5 Å². The lowest BCUT2D eigenvalue weighted by molar-refractivity contribution is 0.0613. The highest BCUT2D eigenvalue weighted by Gasteiger charge is 2.21. The van der Waals surface area contributed by atoms with E-state index >= 15 is 0 Å². The van der Waals surface area contributed by atoms with E-state index in [2.05, 4.69) is 22.9 Å². The molecule has 1 aromatic carbocycles. The molecule has 0 radical (unpaired) electrons. The van der Waals surface area contributed by atoms with Crippen LogP contribution in [0.5, 0.6) is 0 Å². The maximum Gasteiger partial charge on any atom is 0.255 e. The molecule has 1 amide bonds. The summed E-state index contributed by atoms with van der Waals surface area (Å²) in [6, 6.07) is 5.38. The molecule has 0 fully saturated rings. The van der Waals surface area contributed by atoms with Crippen molar-refractivity contribution in [1.82, 2.24) is 4.90 Å². The molecule has 0 aliphatic rings. The molecule has 106 valence electrons. The minimum absolute atomic E-state index is 0.00468. The SMILES string of the molecule is CCC(C)N(CCOC)C(=O)c1ccc(Cl)cc1Br. The van der Waals surface area contributed by atoms with Gasteiger partial charge >= 0.3 is 0 Å². The van der Waals surface area contributed by atoms with Crippen LogP contribution in [0, 0.1) is 0 Å². The van der Waals surface area contributed by atoms with Crippen LogP contribution in [0.1, 0.15) is 30.6 Å². The Morgan fingerprint density at radius 2 is 2.21 bits per heavy atom. The fourth-order valence-electron chi connectivity index (χ4n) is 1.75. The summed E-state index contributed by atoms with van der Waals surface area (Å²) in [5, 5.41) is 0.607. The standard InChI is InChI=1S/C14H19BrClNO2/c1-4-10(2)17(7-8-19-3)14(18)12-6-5-11(16)9-13(12)15/h5-6,9-10H,4,7-8H2,1-3H3. The van der Waals surface area contributed by atoms with Crippen LogP contribution in [0.2, 0.25) is 5.02 Å². The highest BCUT2D eigenvalue weighted by molar-refractivity contribution is 9.10. The molecule has 0 bridgehead atoms. The third-order valence-corrected chi connectivity index (χ3v) is 3.97. The van der Waals surface area contributed by atoms with Crippen LogP contribution in [0.15, 0.2) is 22.7 Å². The van der Waals surface area contributed by atoms with Gasteiger partial charge in [0.1, 0.15) is 0 Å². The zero-order chi connectivity index (χ0) is 14.4. The normalized spacial score (nSPS) is 12.3. The molecule has 1 unspecified atom stereocenters. The summed E-state index contributed by atoms with van der Waals surface area (Å²) in [4.78, 5) is 14.4. The first-order valence-electron chi connectivity index (χ1n) is 6.26. The quantitative estimate of drug-likeness (QED) is 0.778. The Labute approximate surface area is 128 Å². The molecule has 0 spiro atoms. The van der Waals surface area contributed by atoms with Gasteiger partial charge in [-0.15, -0.1) is 0 Å². The monoisotopic (exact) mass is 347 g/mol. The van der Waals surface area contributed by atoms with Crippen LogP contribution in [-0.4, -0.2) is 37.1 Å². The molecule has 0 saturated heterocycles. The molecule has 1 rings (SSSR count). The van der Waals surface area contributed by atoms with Crippen molar-refractivity contribution in [3.8, 4) is 0 Å². The van der Waals surface area contributed by atoms with Gasteiger partial charge in [0, 0.05) is 29.2 Å². The van der Waals surface area contributed by atoms with Gasteiger partial charge in [-0.1, -0.05) is 18.5 Å². The largest absolute Gasteiger partial charge is 0.383 e. The zero-order valence-corrected chi connectivity index (χ0v) is 13.8. The molecule has 0 N–H and O–H groups in total. The first kappa shape index (κ1) is 16.5. The maximum atomic E-state index is 12.6. The van der Waals surface area contributed by atoms with Crippen molar-refractivity contribution in [1.29, 1.82) is 0 Å². The number of benzene rings is 1. The number of nitrogens with zero attached hydrogens (tertiary/aromatic N) is 1. The van der Waals surface area contributed by atoms with E-state index in [-0.39, 0.29) is 11.9 Å².